The topological polar surface area (TPSA) is 92.4 Å². The van der Waals surface area contributed by atoms with Gasteiger partial charge in [-0.05, 0) is 31.0 Å². The molecule has 4 N–H and O–H groups in total. The van der Waals surface area contributed by atoms with Crippen molar-refractivity contribution in [2.45, 2.75) is 30.7 Å². The summed E-state index contributed by atoms with van der Waals surface area (Å²) in [5, 5.41) is 8.80. The lowest BCUT2D eigenvalue weighted by Gasteiger charge is -2.16. The van der Waals surface area contributed by atoms with Crippen LogP contribution in [0.1, 0.15) is 19.8 Å². The third-order valence-corrected chi connectivity index (χ3v) is 4.09. The molecule has 0 aliphatic carbocycles. The minimum Gasteiger partial charge on any atom is -0.396 e. The van der Waals surface area contributed by atoms with E-state index in [2.05, 4.69) is 4.72 Å². The Hall–Kier alpha value is -1.18. The highest BCUT2D eigenvalue weighted by molar-refractivity contribution is 7.89. The normalized spacial score (nSPS) is 13.5. The molecule has 1 aromatic rings. The third kappa shape index (κ3) is 3.66. The van der Waals surface area contributed by atoms with Crippen LogP contribution in [0.15, 0.2) is 23.1 Å². The Labute approximate surface area is 106 Å². The summed E-state index contributed by atoms with van der Waals surface area (Å²) in [6, 6.07) is 2.95. The van der Waals surface area contributed by atoms with Crippen molar-refractivity contribution in [3.63, 3.8) is 0 Å². The third-order valence-electron chi connectivity index (χ3n) is 2.57. The fraction of sp³-hybridized carbons (Fsp3) is 0.455. The van der Waals surface area contributed by atoms with Gasteiger partial charge in [0.05, 0.1) is 10.6 Å². The van der Waals surface area contributed by atoms with E-state index in [0.717, 1.165) is 6.07 Å². The summed E-state index contributed by atoms with van der Waals surface area (Å²) in [5.41, 5.74) is 5.18. The standard InChI is InChI=1S/C11H17FN2O3S/c1-2-8(5-6-15)14-18(16,17)9-3-4-11(13)10(12)7-9/h3-4,7-8,14-15H,2,5-6,13H2,1H3. The zero-order valence-electron chi connectivity index (χ0n) is 10.1. The number of nitrogens with two attached hydrogens (primary N) is 1. The van der Waals surface area contributed by atoms with E-state index < -0.39 is 15.8 Å². The van der Waals surface area contributed by atoms with Crippen molar-refractivity contribution in [1.29, 1.82) is 0 Å². The van der Waals surface area contributed by atoms with E-state index in [1.807, 2.05) is 0 Å². The first-order valence-corrected chi connectivity index (χ1v) is 7.07. The molecule has 1 unspecified atom stereocenters. The number of hydrogen-bond acceptors (Lipinski definition) is 4. The average Bonchev–Trinajstić information content (AvgIpc) is 2.31. The number of benzene rings is 1. The predicted molar refractivity (Wildman–Crippen MR) is 66.9 cm³/mol. The van der Waals surface area contributed by atoms with Gasteiger partial charge in [-0.15, -0.1) is 0 Å². The van der Waals surface area contributed by atoms with Gasteiger partial charge in [0.1, 0.15) is 5.82 Å². The van der Waals surface area contributed by atoms with Crippen molar-refractivity contribution < 1.29 is 17.9 Å². The van der Waals surface area contributed by atoms with E-state index >= 15 is 0 Å². The van der Waals surface area contributed by atoms with Crippen molar-refractivity contribution in [2.75, 3.05) is 12.3 Å². The molecule has 0 saturated heterocycles. The molecule has 1 aromatic carbocycles. The van der Waals surface area contributed by atoms with Crippen LogP contribution in [0.3, 0.4) is 0 Å². The maximum absolute atomic E-state index is 13.2. The number of hydrogen-bond donors (Lipinski definition) is 3. The molecule has 0 aliphatic heterocycles. The molecule has 5 nitrogen and oxygen atoms in total. The maximum Gasteiger partial charge on any atom is 0.240 e. The molecule has 1 atom stereocenters. The molecule has 0 spiro atoms. The molecular weight excluding hydrogens is 259 g/mol. The van der Waals surface area contributed by atoms with Crippen LogP contribution < -0.4 is 10.5 Å². The van der Waals surface area contributed by atoms with Gasteiger partial charge < -0.3 is 10.8 Å². The molecule has 0 fully saturated rings. The number of nitrogens with one attached hydrogen (secondary N) is 1. The first-order chi connectivity index (χ1) is 8.40. The number of sulfonamides is 1. The maximum atomic E-state index is 13.2. The zero-order chi connectivity index (χ0) is 13.8. The molecule has 102 valence electrons. The number of anilines is 1. The van der Waals surface area contributed by atoms with E-state index in [-0.39, 0.29) is 23.2 Å². The summed E-state index contributed by atoms with van der Waals surface area (Å²) in [4.78, 5) is -0.175. The highest BCUT2D eigenvalue weighted by Gasteiger charge is 2.19. The second-order valence-electron chi connectivity index (χ2n) is 3.92. The lowest BCUT2D eigenvalue weighted by atomic mass is 10.2. The van der Waals surface area contributed by atoms with Crippen LogP contribution in [0, 0.1) is 5.82 Å². The van der Waals surface area contributed by atoms with E-state index in [0.29, 0.717) is 12.8 Å². The molecule has 0 amide bonds. The molecule has 0 aromatic heterocycles. The van der Waals surface area contributed by atoms with Crippen LogP contribution in [-0.2, 0) is 10.0 Å². The smallest absolute Gasteiger partial charge is 0.240 e. The van der Waals surface area contributed by atoms with Gasteiger partial charge in [-0.2, -0.15) is 0 Å². The summed E-state index contributed by atoms with van der Waals surface area (Å²) < 4.78 is 39.5. The van der Waals surface area contributed by atoms with Crippen LogP contribution in [0.2, 0.25) is 0 Å². The number of halogens is 1. The quantitative estimate of drug-likeness (QED) is 0.671. The predicted octanol–water partition coefficient (Wildman–Crippen LogP) is 0.847. The lowest BCUT2D eigenvalue weighted by Crippen LogP contribution is -2.35. The van der Waals surface area contributed by atoms with Gasteiger partial charge in [0, 0.05) is 12.6 Å². The lowest BCUT2D eigenvalue weighted by molar-refractivity contribution is 0.270. The average molecular weight is 276 g/mol. The van der Waals surface area contributed by atoms with E-state index in [4.69, 9.17) is 10.8 Å². The van der Waals surface area contributed by atoms with E-state index in [1.165, 1.54) is 12.1 Å². The highest BCUT2D eigenvalue weighted by Crippen LogP contribution is 2.17. The molecule has 0 aliphatic rings. The van der Waals surface area contributed by atoms with Gasteiger partial charge >= 0.3 is 0 Å². The van der Waals surface area contributed by atoms with Crippen LogP contribution >= 0.6 is 0 Å². The highest BCUT2D eigenvalue weighted by atomic mass is 32.2. The number of rotatable bonds is 6. The van der Waals surface area contributed by atoms with Crippen molar-refractivity contribution >= 4 is 15.7 Å². The fourth-order valence-electron chi connectivity index (χ4n) is 1.46. The molecular formula is C11H17FN2O3S. The Bertz CT molecular complexity index is 505. The van der Waals surface area contributed by atoms with Crippen molar-refractivity contribution in [2.24, 2.45) is 0 Å². The van der Waals surface area contributed by atoms with Gasteiger partial charge in [0.15, 0.2) is 0 Å². The molecule has 0 radical (unpaired) electrons. The fourth-order valence-corrected chi connectivity index (χ4v) is 2.83. The van der Waals surface area contributed by atoms with E-state index in [9.17, 15) is 12.8 Å². The number of nitrogen functional groups attached to an aromatic ring is 1. The van der Waals surface area contributed by atoms with Crippen LogP contribution in [-0.4, -0.2) is 26.2 Å². The van der Waals surface area contributed by atoms with Crippen molar-refractivity contribution in [1.82, 2.24) is 4.72 Å². The molecule has 0 bridgehead atoms. The second-order valence-corrected chi connectivity index (χ2v) is 5.64. The Morgan fingerprint density at radius 2 is 2.17 bits per heavy atom. The van der Waals surface area contributed by atoms with Gasteiger partial charge in [0.2, 0.25) is 10.0 Å². The molecule has 7 heteroatoms. The Morgan fingerprint density at radius 1 is 1.50 bits per heavy atom. The minimum atomic E-state index is -3.79. The number of aliphatic hydroxyl groups excluding tert-OH is 1. The Balaban J connectivity index is 2.95. The van der Waals surface area contributed by atoms with Crippen LogP contribution in [0.4, 0.5) is 10.1 Å². The van der Waals surface area contributed by atoms with E-state index in [1.54, 1.807) is 6.92 Å². The van der Waals surface area contributed by atoms with Gasteiger partial charge in [0.25, 0.3) is 0 Å². The first kappa shape index (κ1) is 14.9. The van der Waals surface area contributed by atoms with Crippen LogP contribution in [0.5, 0.6) is 0 Å². The van der Waals surface area contributed by atoms with Gasteiger partial charge in [-0.25, -0.2) is 17.5 Å². The molecule has 0 heterocycles. The second kappa shape index (κ2) is 6.12. The molecule has 0 saturated carbocycles. The Kier molecular flexibility index (Phi) is 5.06. The summed E-state index contributed by atoms with van der Waals surface area (Å²) in [6.07, 6.45) is 0.852. The molecule has 18 heavy (non-hydrogen) atoms. The minimum absolute atomic E-state index is 0.101. The summed E-state index contributed by atoms with van der Waals surface area (Å²) in [7, 11) is -3.79. The largest absolute Gasteiger partial charge is 0.396 e. The summed E-state index contributed by atoms with van der Waals surface area (Å²) in [6.45, 7) is 1.68. The van der Waals surface area contributed by atoms with Gasteiger partial charge in [-0.3, -0.25) is 0 Å². The summed E-state index contributed by atoms with van der Waals surface area (Å²) >= 11 is 0. The Morgan fingerprint density at radius 3 is 2.67 bits per heavy atom. The monoisotopic (exact) mass is 276 g/mol. The zero-order valence-corrected chi connectivity index (χ0v) is 10.9. The SMILES string of the molecule is CCC(CCO)NS(=O)(=O)c1ccc(N)c(F)c1. The van der Waals surface area contributed by atoms with Gasteiger partial charge in [-0.1, -0.05) is 6.92 Å². The summed E-state index contributed by atoms with van der Waals surface area (Å²) in [5.74, 6) is -0.770. The first-order valence-electron chi connectivity index (χ1n) is 5.59. The van der Waals surface area contributed by atoms with Crippen molar-refractivity contribution in [3.05, 3.63) is 24.0 Å². The number of aliphatic hydroxyl groups is 1. The van der Waals surface area contributed by atoms with Crippen LogP contribution in [0.25, 0.3) is 0 Å². The van der Waals surface area contributed by atoms with Crippen molar-refractivity contribution in [3.8, 4) is 0 Å². The molecule has 1 rings (SSSR count).